The molecule has 1 heterocycles. The van der Waals surface area contributed by atoms with Gasteiger partial charge in [-0.25, -0.2) is 4.98 Å². The van der Waals surface area contributed by atoms with Crippen molar-refractivity contribution in [3.63, 3.8) is 0 Å². The molecule has 1 aromatic carbocycles. The van der Waals surface area contributed by atoms with Crippen LogP contribution in [0.3, 0.4) is 0 Å². The van der Waals surface area contributed by atoms with Crippen molar-refractivity contribution in [1.82, 2.24) is 4.98 Å². The molecule has 1 unspecified atom stereocenters. The second-order valence-electron chi connectivity index (χ2n) is 4.81. The van der Waals surface area contributed by atoms with Crippen molar-refractivity contribution in [3.8, 4) is 0 Å². The molecule has 0 saturated heterocycles. The molecule has 0 aliphatic rings. The molecule has 98 valence electrons. The van der Waals surface area contributed by atoms with Gasteiger partial charge in [-0.1, -0.05) is 13.8 Å². The fraction of sp³-hybridized carbons (Fsp3) is 0.462. The van der Waals surface area contributed by atoms with Crippen LogP contribution in [0.4, 0.5) is 5.69 Å². The molecule has 2 aromatic rings. The van der Waals surface area contributed by atoms with Crippen molar-refractivity contribution < 1.29 is 8.63 Å². The molecule has 0 aliphatic heterocycles. The van der Waals surface area contributed by atoms with Crippen LogP contribution in [0.2, 0.25) is 0 Å². The highest BCUT2D eigenvalue weighted by atomic mass is 32.2. The lowest BCUT2D eigenvalue weighted by Crippen LogP contribution is -2.04. The van der Waals surface area contributed by atoms with Crippen LogP contribution >= 0.6 is 0 Å². The van der Waals surface area contributed by atoms with E-state index in [4.69, 9.17) is 10.2 Å². The molecule has 0 spiro atoms. The fourth-order valence-corrected chi connectivity index (χ4v) is 2.91. The van der Waals surface area contributed by atoms with E-state index >= 15 is 0 Å². The summed E-state index contributed by atoms with van der Waals surface area (Å²) in [5, 5.41) is 0. The van der Waals surface area contributed by atoms with Crippen LogP contribution in [0.5, 0.6) is 0 Å². The number of oxazole rings is 1. The first kappa shape index (κ1) is 13.1. The molecule has 18 heavy (non-hydrogen) atoms. The summed E-state index contributed by atoms with van der Waals surface area (Å²) >= 11 is 0. The number of rotatable bonds is 5. The first-order valence-corrected chi connectivity index (χ1v) is 7.53. The van der Waals surface area contributed by atoms with Gasteiger partial charge in [0.05, 0.1) is 0 Å². The minimum atomic E-state index is -0.911. The Balaban J connectivity index is 2.05. The fourth-order valence-electron chi connectivity index (χ4n) is 1.63. The number of nitrogen functional groups attached to an aromatic ring is 1. The largest absolute Gasteiger partial charge is 0.440 e. The lowest BCUT2D eigenvalue weighted by Gasteiger charge is -2.02. The average molecular weight is 266 g/mol. The summed E-state index contributed by atoms with van der Waals surface area (Å²) in [5.41, 5.74) is 7.75. The molecule has 2 N–H and O–H groups in total. The van der Waals surface area contributed by atoms with Crippen molar-refractivity contribution in [1.29, 1.82) is 0 Å². The Bertz CT molecular complexity index is 563. The molecule has 0 fully saturated rings. The quantitative estimate of drug-likeness (QED) is 0.845. The van der Waals surface area contributed by atoms with Crippen molar-refractivity contribution in [2.75, 3.05) is 11.5 Å². The zero-order valence-electron chi connectivity index (χ0n) is 10.7. The van der Waals surface area contributed by atoms with E-state index in [1.54, 1.807) is 18.2 Å². The summed E-state index contributed by atoms with van der Waals surface area (Å²) in [5.74, 6) is 2.16. The molecule has 0 bridgehead atoms. The topological polar surface area (TPSA) is 69.1 Å². The van der Waals surface area contributed by atoms with Gasteiger partial charge in [0.15, 0.2) is 5.58 Å². The predicted molar refractivity (Wildman–Crippen MR) is 74.6 cm³/mol. The summed E-state index contributed by atoms with van der Waals surface area (Å²) in [6.07, 6.45) is 0.958. The molecule has 1 aromatic heterocycles. The Labute approximate surface area is 109 Å². The van der Waals surface area contributed by atoms with E-state index in [0.29, 0.717) is 34.6 Å². The van der Waals surface area contributed by atoms with Crippen LogP contribution in [-0.4, -0.2) is 14.9 Å². The number of hydrogen-bond acceptors (Lipinski definition) is 4. The van der Waals surface area contributed by atoms with E-state index in [2.05, 4.69) is 18.8 Å². The van der Waals surface area contributed by atoms with Crippen LogP contribution in [-0.2, 0) is 16.6 Å². The molecule has 0 aliphatic carbocycles. The van der Waals surface area contributed by atoms with Crippen molar-refractivity contribution in [3.05, 3.63) is 24.1 Å². The smallest absolute Gasteiger partial charge is 0.208 e. The summed E-state index contributed by atoms with van der Waals surface area (Å²) in [6, 6.07) is 5.32. The van der Waals surface area contributed by atoms with E-state index in [1.807, 2.05) is 0 Å². The van der Waals surface area contributed by atoms with Crippen LogP contribution < -0.4 is 5.73 Å². The third-order valence-corrected chi connectivity index (χ3v) is 3.92. The van der Waals surface area contributed by atoms with E-state index in [1.165, 1.54) is 0 Å². The lowest BCUT2D eigenvalue weighted by atomic mass is 10.2. The molecule has 2 rings (SSSR count). The Kier molecular flexibility index (Phi) is 4.01. The summed E-state index contributed by atoms with van der Waals surface area (Å²) in [6.45, 7) is 4.25. The van der Waals surface area contributed by atoms with Crippen molar-refractivity contribution in [2.24, 2.45) is 5.92 Å². The highest BCUT2D eigenvalue weighted by molar-refractivity contribution is 7.84. The zero-order chi connectivity index (χ0) is 13.1. The van der Waals surface area contributed by atoms with Gasteiger partial charge < -0.3 is 10.2 Å². The number of benzene rings is 1. The van der Waals surface area contributed by atoms with E-state index in [-0.39, 0.29) is 0 Å². The van der Waals surface area contributed by atoms with E-state index < -0.39 is 10.8 Å². The number of anilines is 1. The maximum Gasteiger partial charge on any atom is 0.208 e. The lowest BCUT2D eigenvalue weighted by molar-refractivity contribution is 0.551. The Morgan fingerprint density at radius 1 is 1.44 bits per heavy atom. The maximum atomic E-state index is 11.8. The second-order valence-corrected chi connectivity index (χ2v) is 6.38. The molecule has 4 nitrogen and oxygen atoms in total. The number of nitrogens with two attached hydrogens (primary N) is 1. The molecule has 5 heteroatoms. The zero-order valence-corrected chi connectivity index (χ0v) is 11.5. The van der Waals surface area contributed by atoms with Crippen LogP contribution in [0.25, 0.3) is 11.1 Å². The van der Waals surface area contributed by atoms with Gasteiger partial charge in [0.25, 0.3) is 0 Å². The third-order valence-electron chi connectivity index (χ3n) is 2.66. The summed E-state index contributed by atoms with van der Waals surface area (Å²) in [7, 11) is -0.911. The predicted octanol–water partition coefficient (Wildman–Crippen LogP) is 2.70. The van der Waals surface area contributed by atoms with E-state index in [9.17, 15) is 4.21 Å². The Hall–Kier alpha value is -1.36. The standard InChI is InChI=1S/C13H18N2O2S/c1-9(2)5-6-18(16)8-13-15-11-7-10(14)3-4-12(11)17-13/h3-4,7,9H,5-6,8,14H2,1-2H3. The number of nitrogens with zero attached hydrogens (tertiary/aromatic N) is 1. The summed E-state index contributed by atoms with van der Waals surface area (Å²) in [4.78, 5) is 4.30. The molecule has 0 saturated carbocycles. The second kappa shape index (κ2) is 5.52. The van der Waals surface area contributed by atoms with Crippen molar-refractivity contribution >= 4 is 27.6 Å². The highest BCUT2D eigenvalue weighted by Crippen LogP contribution is 2.19. The molecular formula is C13H18N2O2S. The SMILES string of the molecule is CC(C)CCS(=O)Cc1nc2cc(N)ccc2o1. The maximum absolute atomic E-state index is 11.8. The van der Waals surface area contributed by atoms with Gasteiger partial charge in [0.2, 0.25) is 5.89 Å². The van der Waals surface area contributed by atoms with Gasteiger partial charge >= 0.3 is 0 Å². The van der Waals surface area contributed by atoms with Gasteiger partial charge in [0, 0.05) is 22.2 Å². The molecule has 1 atom stereocenters. The normalized spacial score (nSPS) is 13.3. The van der Waals surface area contributed by atoms with Crippen LogP contribution in [0.15, 0.2) is 22.6 Å². The number of hydrogen-bond donors (Lipinski definition) is 1. The molecule has 0 amide bonds. The van der Waals surface area contributed by atoms with Gasteiger partial charge in [-0.2, -0.15) is 0 Å². The van der Waals surface area contributed by atoms with Gasteiger partial charge in [-0.15, -0.1) is 0 Å². The van der Waals surface area contributed by atoms with Gasteiger partial charge in [0.1, 0.15) is 11.3 Å². The first-order valence-electron chi connectivity index (χ1n) is 6.04. The van der Waals surface area contributed by atoms with Gasteiger partial charge in [-0.05, 0) is 30.5 Å². The highest BCUT2D eigenvalue weighted by Gasteiger charge is 2.10. The van der Waals surface area contributed by atoms with E-state index in [0.717, 1.165) is 11.9 Å². The number of fused-ring (bicyclic) bond motifs is 1. The third kappa shape index (κ3) is 3.32. The summed E-state index contributed by atoms with van der Waals surface area (Å²) < 4.78 is 17.4. The van der Waals surface area contributed by atoms with Gasteiger partial charge in [-0.3, -0.25) is 4.21 Å². The Morgan fingerprint density at radius 2 is 2.22 bits per heavy atom. The molecule has 0 radical (unpaired) electrons. The minimum absolute atomic E-state index is 0.376. The minimum Gasteiger partial charge on any atom is -0.440 e. The van der Waals surface area contributed by atoms with Crippen molar-refractivity contribution in [2.45, 2.75) is 26.0 Å². The van der Waals surface area contributed by atoms with Crippen LogP contribution in [0.1, 0.15) is 26.2 Å². The number of aromatic nitrogens is 1. The Morgan fingerprint density at radius 3 is 2.94 bits per heavy atom. The van der Waals surface area contributed by atoms with Crippen LogP contribution in [0, 0.1) is 5.92 Å². The molecular weight excluding hydrogens is 248 g/mol. The average Bonchev–Trinajstić information content (AvgIpc) is 2.67. The monoisotopic (exact) mass is 266 g/mol. The first-order chi connectivity index (χ1) is 8.54.